The van der Waals surface area contributed by atoms with Crippen LogP contribution >= 0.6 is 0 Å². The molecule has 1 fully saturated rings. The van der Waals surface area contributed by atoms with E-state index in [1.54, 1.807) is 0 Å². The molecule has 0 unspecified atom stereocenters. The first-order valence-electron chi connectivity index (χ1n) is 5.72. The summed E-state index contributed by atoms with van der Waals surface area (Å²) < 4.78 is 0. The minimum absolute atomic E-state index is 0.0352. The molecule has 3 N–H and O–H groups in total. The number of carbonyl (C=O) groups excluding carboxylic acids is 2. The van der Waals surface area contributed by atoms with Gasteiger partial charge < -0.3 is 10.6 Å². The van der Waals surface area contributed by atoms with Gasteiger partial charge in [0.1, 0.15) is 0 Å². The molecule has 1 aliphatic heterocycles. The highest BCUT2D eigenvalue weighted by Gasteiger charge is 2.23. The molecule has 0 bridgehead atoms. The van der Waals surface area contributed by atoms with Gasteiger partial charge in [0.2, 0.25) is 5.91 Å². The van der Waals surface area contributed by atoms with Crippen LogP contribution in [0.3, 0.4) is 0 Å². The van der Waals surface area contributed by atoms with Crippen LogP contribution in [0.25, 0.3) is 0 Å². The van der Waals surface area contributed by atoms with E-state index in [9.17, 15) is 9.59 Å². The normalized spacial score (nSPS) is 17.9. The van der Waals surface area contributed by atoms with Gasteiger partial charge in [-0.15, -0.1) is 0 Å². The summed E-state index contributed by atoms with van der Waals surface area (Å²) in [6.45, 7) is 7.32. The predicted octanol–water partition coefficient (Wildman–Crippen LogP) is 0.610. The number of imide groups is 1. The molecule has 0 radical (unpaired) electrons. The maximum atomic E-state index is 11.7. The molecule has 5 nitrogen and oxygen atoms in total. The molecule has 3 amide bonds. The fourth-order valence-electron chi connectivity index (χ4n) is 1.67. The zero-order chi connectivity index (χ0) is 12.2. The second kappa shape index (κ2) is 5.30. The van der Waals surface area contributed by atoms with E-state index >= 15 is 0 Å². The van der Waals surface area contributed by atoms with Crippen molar-refractivity contribution in [3.05, 3.63) is 0 Å². The van der Waals surface area contributed by atoms with Gasteiger partial charge in [0, 0.05) is 11.5 Å². The molecule has 0 aliphatic carbocycles. The van der Waals surface area contributed by atoms with E-state index < -0.39 is 6.03 Å². The lowest BCUT2D eigenvalue weighted by molar-refractivity contribution is -0.124. The average Bonchev–Trinajstić information content (AvgIpc) is 2.16. The van der Waals surface area contributed by atoms with Crippen molar-refractivity contribution in [1.29, 1.82) is 0 Å². The average molecular weight is 227 g/mol. The third-order valence-corrected chi connectivity index (χ3v) is 2.44. The summed E-state index contributed by atoms with van der Waals surface area (Å²) in [4.78, 5) is 23.1. The molecular formula is C11H21N3O2. The van der Waals surface area contributed by atoms with Crippen molar-refractivity contribution in [2.24, 2.45) is 5.92 Å². The van der Waals surface area contributed by atoms with Crippen LogP contribution in [0.4, 0.5) is 4.79 Å². The minimum Gasteiger partial charge on any atom is -0.333 e. The number of hydrogen-bond acceptors (Lipinski definition) is 3. The summed E-state index contributed by atoms with van der Waals surface area (Å²) in [6, 6.07) is -0.406. The zero-order valence-corrected chi connectivity index (χ0v) is 10.2. The molecule has 92 valence electrons. The smallest absolute Gasteiger partial charge is 0.321 e. The predicted molar refractivity (Wildman–Crippen MR) is 62.0 cm³/mol. The molecule has 5 heteroatoms. The van der Waals surface area contributed by atoms with Crippen LogP contribution in [0, 0.1) is 5.92 Å². The number of piperidine rings is 1. The van der Waals surface area contributed by atoms with Gasteiger partial charge in [-0.3, -0.25) is 10.1 Å². The molecule has 1 rings (SSSR count). The van der Waals surface area contributed by atoms with Crippen molar-refractivity contribution in [2.45, 2.75) is 39.2 Å². The van der Waals surface area contributed by atoms with Crippen LogP contribution in [0.1, 0.15) is 33.6 Å². The maximum Gasteiger partial charge on any atom is 0.321 e. The lowest BCUT2D eigenvalue weighted by Crippen LogP contribution is -2.50. The molecule has 0 aromatic carbocycles. The molecule has 1 heterocycles. The van der Waals surface area contributed by atoms with E-state index in [4.69, 9.17) is 0 Å². The highest BCUT2D eigenvalue weighted by atomic mass is 16.2. The zero-order valence-electron chi connectivity index (χ0n) is 10.2. The van der Waals surface area contributed by atoms with Gasteiger partial charge in [0.25, 0.3) is 0 Å². The third-order valence-electron chi connectivity index (χ3n) is 2.44. The Bertz CT molecular complexity index is 265. The van der Waals surface area contributed by atoms with Crippen LogP contribution in [-0.2, 0) is 4.79 Å². The molecule has 16 heavy (non-hydrogen) atoms. The summed E-state index contributed by atoms with van der Waals surface area (Å²) in [5.41, 5.74) is -0.321. The van der Waals surface area contributed by atoms with Gasteiger partial charge in [-0.1, -0.05) is 0 Å². The quantitative estimate of drug-likeness (QED) is 0.614. The first-order valence-corrected chi connectivity index (χ1v) is 5.72. The lowest BCUT2D eigenvalue weighted by atomic mass is 9.97. The SMILES string of the molecule is CC(C)(C)NC(=O)NC(=O)C1CCNCC1. The van der Waals surface area contributed by atoms with Gasteiger partial charge in [0.15, 0.2) is 0 Å². The van der Waals surface area contributed by atoms with Crippen LogP contribution < -0.4 is 16.0 Å². The topological polar surface area (TPSA) is 70.2 Å². The van der Waals surface area contributed by atoms with Crippen LogP contribution in [-0.4, -0.2) is 30.6 Å². The van der Waals surface area contributed by atoms with Crippen molar-refractivity contribution in [3.8, 4) is 0 Å². The van der Waals surface area contributed by atoms with Crippen LogP contribution in [0.2, 0.25) is 0 Å². The number of hydrogen-bond donors (Lipinski definition) is 3. The van der Waals surface area contributed by atoms with Crippen molar-refractivity contribution in [2.75, 3.05) is 13.1 Å². The molecule has 0 atom stereocenters. The second-order valence-electron chi connectivity index (χ2n) is 5.22. The highest BCUT2D eigenvalue weighted by molar-refractivity contribution is 5.95. The van der Waals surface area contributed by atoms with E-state index in [1.165, 1.54) is 0 Å². The largest absolute Gasteiger partial charge is 0.333 e. The molecular weight excluding hydrogens is 206 g/mol. The Morgan fingerprint density at radius 2 is 1.75 bits per heavy atom. The minimum atomic E-state index is -0.406. The maximum absolute atomic E-state index is 11.7. The van der Waals surface area contributed by atoms with Crippen LogP contribution in [0.15, 0.2) is 0 Å². The van der Waals surface area contributed by atoms with Gasteiger partial charge in [-0.25, -0.2) is 4.79 Å². The number of nitrogens with one attached hydrogen (secondary N) is 3. The number of amides is 3. The molecule has 0 aromatic heterocycles. The van der Waals surface area contributed by atoms with Gasteiger partial charge in [0.05, 0.1) is 0 Å². The standard InChI is InChI=1S/C11H21N3O2/c1-11(2,3)14-10(16)13-9(15)8-4-6-12-7-5-8/h8,12H,4-7H2,1-3H3,(H2,13,14,15,16). The Balaban J connectivity index is 2.35. The summed E-state index contributed by atoms with van der Waals surface area (Å²) >= 11 is 0. The van der Waals surface area contributed by atoms with E-state index in [0.717, 1.165) is 25.9 Å². The monoisotopic (exact) mass is 227 g/mol. The first kappa shape index (κ1) is 13.0. The Morgan fingerprint density at radius 1 is 1.19 bits per heavy atom. The summed E-state index contributed by atoms with van der Waals surface area (Å²) in [7, 11) is 0. The van der Waals surface area contributed by atoms with Crippen molar-refractivity contribution >= 4 is 11.9 Å². The first-order chi connectivity index (χ1) is 7.38. The van der Waals surface area contributed by atoms with E-state index in [0.29, 0.717) is 0 Å². The van der Waals surface area contributed by atoms with Crippen molar-refractivity contribution in [1.82, 2.24) is 16.0 Å². The Kier molecular flexibility index (Phi) is 4.29. The van der Waals surface area contributed by atoms with E-state index in [2.05, 4.69) is 16.0 Å². The number of urea groups is 1. The number of rotatable bonds is 1. The summed E-state index contributed by atoms with van der Waals surface area (Å²) in [5.74, 6) is -0.199. The van der Waals surface area contributed by atoms with Gasteiger partial charge >= 0.3 is 6.03 Å². The fourth-order valence-corrected chi connectivity index (χ4v) is 1.67. The van der Waals surface area contributed by atoms with Crippen molar-refractivity contribution in [3.63, 3.8) is 0 Å². The van der Waals surface area contributed by atoms with Crippen molar-refractivity contribution < 1.29 is 9.59 Å². The van der Waals surface area contributed by atoms with Gasteiger partial charge in [-0.05, 0) is 46.7 Å². The summed E-state index contributed by atoms with van der Waals surface area (Å²) in [6.07, 6.45) is 1.60. The lowest BCUT2D eigenvalue weighted by Gasteiger charge is -2.24. The van der Waals surface area contributed by atoms with Crippen LogP contribution in [0.5, 0.6) is 0 Å². The fraction of sp³-hybridized carbons (Fsp3) is 0.818. The summed E-state index contributed by atoms with van der Waals surface area (Å²) in [5, 5.41) is 8.27. The van der Waals surface area contributed by atoms with E-state index in [-0.39, 0.29) is 17.4 Å². The second-order valence-corrected chi connectivity index (χ2v) is 5.22. The Labute approximate surface area is 96.4 Å². The Morgan fingerprint density at radius 3 is 2.25 bits per heavy atom. The van der Waals surface area contributed by atoms with Gasteiger partial charge in [-0.2, -0.15) is 0 Å². The number of carbonyl (C=O) groups is 2. The highest BCUT2D eigenvalue weighted by Crippen LogP contribution is 2.11. The molecule has 1 aliphatic rings. The molecule has 1 saturated heterocycles. The molecule has 0 aromatic rings. The molecule has 0 spiro atoms. The Hall–Kier alpha value is -1.10. The van der Waals surface area contributed by atoms with E-state index in [1.807, 2.05) is 20.8 Å². The third kappa shape index (κ3) is 4.61. The molecule has 0 saturated carbocycles.